The highest BCUT2D eigenvalue weighted by Crippen LogP contribution is 2.27. The molecule has 0 N–H and O–H groups in total. The molecule has 0 unspecified atom stereocenters. The molecule has 4 rings (SSSR count). The van der Waals surface area contributed by atoms with E-state index in [4.69, 9.17) is 11.6 Å². The molecule has 1 aromatic carbocycles. The van der Waals surface area contributed by atoms with Gasteiger partial charge in [-0.1, -0.05) is 41.9 Å². The highest BCUT2D eigenvalue weighted by molar-refractivity contribution is 6.33. The number of halogens is 1. The van der Waals surface area contributed by atoms with E-state index in [1.807, 2.05) is 30.3 Å². The maximum Gasteiger partial charge on any atom is 0.287 e. The number of aromatic nitrogens is 2. The zero-order valence-corrected chi connectivity index (χ0v) is 16.4. The van der Waals surface area contributed by atoms with Crippen LogP contribution in [0.1, 0.15) is 31.2 Å². The maximum absolute atomic E-state index is 12.7. The van der Waals surface area contributed by atoms with Gasteiger partial charge in [-0.15, -0.1) is 0 Å². The first-order valence-electron chi connectivity index (χ1n) is 9.97. The van der Waals surface area contributed by atoms with Gasteiger partial charge in [-0.2, -0.15) is 5.10 Å². The van der Waals surface area contributed by atoms with Crippen LogP contribution in [-0.4, -0.2) is 47.4 Å². The third-order valence-electron chi connectivity index (χ3n) is 5.81. The molecule has 0 saturated carbocycles. The number of anilines is 1. The number of rotatable bonds is 5. The first-order chi connectivity index (χ1) is 13.2. The van der Waals surface area contributed by atoms with Crippen LogP contribution in [0.15, 0.2) is 41.3 Å². The highest BCUT2D eigenvalue weighted by atomic mass is 35.5. The standard InChI is InChI=1S/C21H27ClN4O/c22-20-19(14-23-26(21(20)27)16-17-6-2-1-3-7-17)25-12-8-18(9-13-25)15-24-10-4-5-11-24/h1-3,6-7,14,18H,4-5,8-13,15-16H2. The van der Waals surface area contributed by atoms with Crippen LogP contribution in [0.5, 0.6) is 0 Å². The Hall–Kier alpha value is -1.85. The van der Waals surface area contributed by atoms with E-state index in [1.165, 1.54) is 37.2 Å². The van der Waals surface area contributed by atoms with E-state index in [0.29, 0.717) is 11.6 Å². The number of likely N-dealkylation sites (tertiary alicyclic amines) is 1. The summed E-state index contributed by atoms with van der Waals surface area (Å²) in [5.41, 5.74) is 1.61. The summed E-state index contributed by atoms with van der Waals surface area (Å²) in [5.74, 6) is 0.754. The summed E-state index contributed by atoms with van der Waals surface area (Å²) >= 11 is 6.45. The van der Waals surface area contributed by atoms with Gasteiger partial charge in [-0.25, -0.2) is 4.68 Å². The maximum atomic E-state index is 12.7. The van der Waals surface area contributed by atoms with Crippen molar-refractivity contribution in [2.75, 3.05) is 37.6 Å². The first-order valence-corrected chi connectivity index (χ1v) is 10.4. The number of piperidine rings is 1. The Kier molecular flexibility index (Phi) is 5.79. The van der Waals surface area contributed by atoms with Gasteiger partial charge in [-0.05, 0) is 50.3 Å². The Labute approximate surface area is 165 Å². The quantitative estimate of drug-likeness (QED) is 0.790. The Morgan fingerprint density at radius 3 is 2.44 bits per heavy atom. The molecule has 2 aliphatic heterocycles. The molecule has 0 spiro atoms. The van der Waals surface area contributed by atoms with E-state index in [0.717, 1.165) is 43.1 Å². The van der Waals surface area contributed by atoms with Gasteiger partial charge < -0.3 is 9.80 Å². The average molecular weight is 387 g/mol. The van der Waals surface area contributed by atoms with E-state index in [9.17, 15) is 4.79 Å². The molecule has 27 heavy (non-hydrogen) atoms. The normalized spacial score (nSPS) is 18.9. The van der Waals surface area contributed by atoms with Crippen molar-refractivity contribution in [3.05, 3.63) is 57.5 Å². The van der Waals surface area contributed by atoms with Crippen LogP contribution >= 0.6 is 11.6 Å². The highest BCUT2D eigenvalue weighted by Gasteiger charge is 2.25. The van der Waals surface area contributed by atoms with Gasteiger partial charge in [0.1, 0.15) is 5.02 Å². The van der Waals surface area contributed by atoms with Crippen LogP contribution in [0.2, 0.25) is 5.02 Å². The zero-order valence-electron chi connectivity index (χ0n) is 15.7. The fourth-order valence-electron chi connectivity index (χ4n) is 4.23. The smallest absolute Gasteiger partial charge is 0.287 e. The van der Waals surface area contributed by atoms with Crippen molar-refractivity contribution in [1.82, 2.24) is 14.7 Å². The van der Waals surface area contributed by atoms with Crippen molar-refractivity contribution >= 4 is 17.3 Å². The predicted molar refractivity (Wildman–Crippen MR) is 110 cm³/mol. The zero-order chi connectivity index (χ0) is 18.6. The van der Waals surface area contributed by atoms with E-state index >= 15 is 0 Å². The second-order valence-corrected chi connectivity index (χ2v) is 8.11. The summed E-state index contributed by atoms with van der Waals surface area (Å²) in [6, 6.07) is 9.86. The molecule has 0 amide bonds. The second kappa shape index (κ2) is 8.44. The molecule has 0 atom stereocenters. The van der Waals surface area contributed by atoms with Crippen molar-refractivity contribution in [2.24, 2.45) is 5.92 Å². The molecule has 6 heteroatoms. The Morgan fingerprint density at radius 1 is 1.04 bits per heavy atom. The third kappa shape index (κ3) is 4.36. The summed E-state index contributed by atoms with van der Waals surface area (Å²) in [4.78, 5) is 17.5. The van der Waals surface area contributed by atoms with E-state index in [1.54, 1.807) is 6.20 Å². The summed E-state index contributed by atoms with van der Waals surface area (Å²) in [6.07, 6.45) is 6.76. The van der Waals surface area contributed by atoms with Crippen molar-refractivity contribution < 1.29 is 0 Å². The summed E-state index contributed by atoms with van der Waals surface area (Å²) in [5, 5.41) is 4.67. The van der Waals surface area contributed by atoms with Crippen molar-refractivity contribution in [1.29, 1.82) is 0 Å². The van der Waals surface area contributed by atoms with E-state index in [2.05, 4.69) is 14.9 Å². The molecule has 0 bridgehead atoms. The molecular weight excluding hydrogens is 360 g/mol. The van der Waals surface area contributed by atoms with E-state index in [-0.39, 0.29) is 5.56 Å². The Balaban J connectivity index is 1.40. The minimum Gasteiger partial charge on any atom is -0.369 e. The van der Waals surface area contributed by atoms with Crippen LogP contribution in [-0.2, 0) is 6.54 Å². The Morgan fingerprint density at radius 2 is 1.74 bits per heavy atom. The molecule has 5 nitrogen and oxygen atoms in total. The minimum atomic E-state index is -0.211. The molecule has 1 aromatic heterocycles. The predicted octanol–water partition coefficient (Wildman–Crippen LogP) is 3.26. The number of nitrogens with zero attached hydrogens (tertiary/aromatic N) is 4. The van der Waals surface area contributed by atoms with Gasteiger partial charge in [-0.3, -0.25) is 4.79 Å². The molecule has 2 saturated heterocycles. The lowest BCUT2D eigenvalue weighted by molar-refractivity contribution is 0.249. The number of benzene rings is 1. The molecule has 2 aromatic rings. The van der Waals surface area contributed by atoms with Crippen LogP contribution in [0.25, 0.3) is 0 Å². The second-order valence-electron chi connectivity index (χ2n) is 7.73. The van der Waals surface area contributed by atoms with Crippen LogP contribution in [0.3, 0.4) is 0 Å². The lowest BCUT2D eigenvalue weighted by Gasteiger charge is -2.35. The molecule has 3 heterocycles. The van der Waals surface area contributed by atoms with Crippen molar-refractivity contribution in [3.63, 3.8) is 0 Å². The average Bonchev–Trinajstić information content (AvgIpc) is 3.20. The third-order valence-corrected chi connectivity index (χ3v) is 6.17. The van der Waals surface area contributed by atoms with Crippen LogP contribution in [0.4, 0.5) is 5.69 Å². The van der Waals surface area contributed by atoms with Gasteiger partial charge in [0, 0.05) is 19.6 Å². The minimum absolute atomic E-state index is 0.211. The summed E-state index contributed by atoms with van der Waals surface area (Å²) < 4.78 is 1.45. The van der Waals surface area contributed by atoms with Gasteiger partial charge in [0.2, 0.25) is 0 Å². The number of hydrogen-bond acceptors (Lipinski definition) is 4. The fourth-order valence-corrected chi connectivity index (χ4v) is 4.50. The van der Waals surface area contributed by atoms with Crippen LogP contribution < -0.4 is 10.5 Å². The van der Waals surface area contributed by atoms with Gasteiger partial charge in [0.25, 0.3) is 5.56 Å². The van der Waals surface area contributed by atoms with Gasteiger partial charge in [0.15, 0.2) is 0 Å². The van der Waals surface area contributed by atoms with Gasteiger partial charge >= 0.3 is 0 Å². The molecule has 0 aliphatic carbocycles. The monoisotopic (exact) mass is 386 g/mol. The SMILES string of the molecule is O=c1c(Cl)c(N2CCC(CN3CCCC3)CC2)cnn1Cc1ccccc1. The summed E-state index contributed by atoms with van der Waals surface area (Å²) in [6.45, 7) is 6.07. The fraction of sp³-hybridized carbons (Fsp3) is 0.524. The molecule has 144 valence electrons. The van der Waals surface area contributed by atoms with Gasteiger partial charge in [0.05, 0.1) is 18.4 Å². The lowest BCUT2D eigenvalue weighted by atomic mass is 9.96. The molecule has 2 fully saturated rings. The number of hydrogen-bond donors (Lipinski definition) is 0. The topological polar surface area (TPSA) is 41.4 Å². The molecule has 0 radical (unpaired) electrons. The lowest BCUT2D eigenvalue weighted by Crippen LogP contribution is -2.39. The van der Waals surface area contributed by atoms with E-state index < -0.39 is 0 Å². The first kappa shape index (κ1) is 18.5. The van der Waals surface area contributed by atoms with Crippen molar-refractivity contribution in [3.8, 4) is 0 Å². The molecule has 2 aliphatic rings. The largest absolute Gasteiger partial charge is 0.369 e. The van der Waals surface area contributed by atoms with Crippen LogP contribution in [0, 0.1) is 5.92 Å². The summed E-state index contributed by atoms with van der Waals surface area (Å²) in [7, 11) is 0. The molecular formula is C21H27ClN4O. The van der Waals surface area contributed by atoms with Crippen molar-refractivity contribution in [2.45, 2.75) is 32.2 Å². The Bertz CT molecular complexity index is 809.